The largest absolute Gasteiger partial charge is 0.489 e. The van der Waals surface area contributed by atoms with E-state index >= 15 is 0 Å². The molecule has 0 saturated carbocycles. The molecule has 4 rings (SSSR count). The third-order valence-electron chi connectivity index (χ3n) is 4.54. The Labute approximate surface area is 173 Å². The van der Waals surface area contributed by atoms with Crippen LogP contribution < -0.4 is 10.1 Å². The predicted molar refractivity (Wildman–Crippen MR) is 115 cm³/mol. The van der Waals surface area contributed by atoms with Crippen LogP contribution in [-0.4, -0.2) is 15.7 Å². The van der Waals surface area contributed by atoms with Crippen molar-refractivity contribution in [3.63, 3.8) is 0 Å². The van der Waals surface area contributed by atoms with Crippen molar-refractivity contribution in [1.29, 1.82) is 0 Å². The molecule has 0 aliphatic heterocycles. The fourth-order valence-corrected chi connectivity index (χ4v) is 3.22. The lowest BCUT2D eigenvalue weighted by molar-refractivity contribution is -0.116. The molecule has 1 heterocycles. The van der Waals surface area contributed by atoms with Gasteiger partial charge in [-0.3, -0.25) is 9.48 Å². The van der Waals surface area contributed by atoms with Gasteiger partial charge in [0.15, 0.2) is 0 Å². The summed E-state index contributed by atoms with van der Waals surface area (Å²) < 4.78 is 7.58. The smallest absolute Gasteiger partial charge is 0.226 e. The molecule has 0 aliphatic rings. The number of hydrogen-bond donors (Lipinski definition) is 1. The first-order chi connectivity index (χ1) is 14.2. The van der Waals surface area contributed by atoms with E-state index in [4.69, 9.17) is 16.3 Å². The van der Waals surface area contributed by atoms with Gasteiger partial charge in [0.2, 0.25) is 5.91 Å². The number of aromatic nitrogens is 2. The second kappa shape index (κ2) is 8.80. The summed E-state index contributed by atoms with van der Waals surface area (Å²) in [5, 5.41) is 8.87. The van der Waals surface area contributed by atoms with Crippen LogP contribution in [0.2, 0.25) is 5.02 Å². The number of anilines is 1. The van der Waals surface area contributed by atoms with Crippen LogP contribution in [-0.2, 0) is 17.9 Å². The molecule has 6 heteroatoms. The van der Waals surface area contributed by atoms with Crippen LogP contribution >= 0.6 is 11.6 Å². The van der Waals surface area contributed by atoms with E-state index in [2.05, 4.69) is 10.4 Å². The molecular weight excluding hydrogens is 386 g/mol. The number of aryl methyl sites for hydroxylation is 1. The molecule has 1 N–H and O–H groups in total. The lowest BCUT2D eigenvalue weighted by Gasteiger charge is -2.09. The van der Waals surface area contributed by atoms with Crippen LogP contribution in [0.3, 0.4) is 0 Å². The summed E-state index contributed by atoms with van der Waals surface area (Å²) in [7, 11) is 0. The molecule has 0 radical (unpaired) electrons. The van der Waals surface area contributed by atoms with Crippen molar-refractivity contribution in [2.45, 2.75) is 19.6 Å². The molecule has 0 atom stereocenters. The van der Waals surface area contributed by atoms with E-state index in [9.17, 15) is 4.79 Å². The van der Waals surface area contributed by atoms with Gasteiger partial charge in [0, 0.05) is 22.5 Å². The van der Waals surface area contributed by atoms with Crippen LogP contribution in [0.15, 0.2) is 79.0 Å². The molecular formula is C23H20ClN3O2. The zero-order valence-electron chi connectivity index (χ0n) is 15.7. The monoisotopic (exact) mass is 405 g/mol. The molecule has 5 nitrogen and oxygen atoms in total. The molecule has 29 heavy (non-hydrogen) atoms. The number of nitrogens with zero attached hydrogens (tertiary/aromatic N) is 2. The van der Waals surface area contributed by atoms with Gasteiger partial charge in [0.25, 0.3) is 0 Å². The van der Waals surface area contributed by atoms with E-state index in [-0.39, 0.29) is 5.91 Å². The molecule has 0 saturated heterocycles. The van der Waals surface area contributed by atoms with Gasteiger partial charge in [-0.2, -0.15) is 5.10 Å². The average molecular weight is 406 g/mol. The quantitative estimate of drug-likeness (QED) is 0.454. The standard InChI is InChI=1S/C23H20ClN3O2/c24-19-6-11-22-18(14-19)15-25-27(22)13-12-23(28)26-20-7-9-21(10-8-20)29-16-17-4-2-1-3-5-17/h1-11,14-15H,12-13,16H2,(H,26,28). The number of amides is 1. The number of benzene rings is 3. The van der Waals surface area contributed by atoms with Crippen molar-refractivity contribution < 1.29 is 9.53 Å². The molecule has 1 aromatic heterocycles. The number of carbonyl (C=O) groups is 1. The number of carbonyl (C=O) groups excluding carboxylic acids is 1. The Morgan fingerprint density at radius 3 is 2.62 bits per heavy atom. The lowest BCUT2D eigenvalue weighted by Crippen LogP contribution is -2.14. The van der Waals surface area contributed by atoms with Gasteiger partial charge in [-0.1, -0.05) is 41.9 Å². The summed E-state index contributed by atoms with van der Waals surface area (Å²) in [6.45, 7) is 1.00. The fourth-order valence-electron chi connectivity index (χ4n) is 3.04. The topological polar surface area (TPSA) is 56.2 Å². The number of fused-ring (bicyclic) bond motifs is 1. The Morgan fingerprint density at radius 1 is 1.03 bits per heavy atom. The van der Waals surface area contributed by atoms with Gasteiger partial charge in [-0.15, -0.1) is 0 Å². The third kappa shape index (κ3) is 4.95. The van der Waals surface area contributed by atoms with Crippen LogP contribution in [0.5, 0.6) is 5.75 Å². The minimum Gasteiger partial charge on any atom is -0.489 e. The van der Waals surface area contributed by atoms with E-state index in [0.29, 0.717) is 24.6 Å². The zero-order chi connectivity index (χ0) is 20.1. The van der Waals surface area contributed by atoms with E-state index in [1.54, 1.807) is 6.20 Å². The fraction of sp³-hybridized carbons (Fsp3) is 0.130. The van der Waals surface area contributed by atoms with E-state index in [1.807, 2.05) is 77.5 Å². The summed E-state index contributed by atoms with van der Waals surface area (Å²) in [6.07, 6.45) is 2.08. The molecule has 1 amide bonds. The molecule has 0 fully saturated rings. The van der Waals surface area contributed by atoms with Crippen molar-refractivity contribution in [3.8, 4) is 5.75 Å². The van der Waals surface area contributed by atoms with Crippen molar-refractivity contribution in [3.05, 3.63) is 89.6 Å². The van der Waals surface area contributed by atoms with E-state index in [1.165, 1.54) is 0 Å². The molecule has 3 aromatic carbocycles. The maximum absolute atomic E-state index is 12.3. The second-order valence-corrected chi connectivity index (χ2v) is 7.10. The van der Waals surface area contributed by atoms with Gasteiger partial charge in [0.1, 0.15) is 12.4 Å². The average Bonchev–Trinajstić information content (AvgIpc) is 3.14. The number of hydrogen-bond acceptors (Lipinski definition) is 3. The number of rotatable bonds is 7. The highest BCUT2D eigenvalue weighted by Crippen LogP contribution is 2.20. The van der Waals surface area contributed by atoms with Gasteiger partial charge in [-0.05, 0) is 48.0 Å². The Morgan fingerprint density at radius 2 is 1.83 bits per heavy atom. The van der Waals surface area contributed by atoms with Crippen molar-refractivity contribution in [2.24, 2.45) is 0 Å². The minimum atomic E-state index is -0.0689. The van der Waals surface area contributed by atoms with E-state index < -0.39 is 0 Å². The van der Waals surface area contributed by atoms with E-state index in [0.717, 1.165) is 27.9 Å². The molecule has 0 bridgehead atoms. The van der Waals surface area contributed by atoms with Crippen LogP contribution in [0.4, 0.5) is 5.69 Å². The van der Waals surface area contributed by atoms with Crippen molar-refractivity contribution >= 4 is 34.1 Å². The maximum Gasteiger partial charge on any atom is 0.226 e. The highest BCUT2D eigenvalue weighted by atomic mass is 35.5. The first-order valence-electron chi connectivity index (χ1n) is 9.35. The Kier molecular flexibility index (Phi) is 5.77. The number of ether oxygens (including phenoxy) is 1. The van der Waals surface area contributed by atoms with Gasteiger partial charge >= 0.3 is 0 Å². The summed E-state index contributed by atoms with van der Waals surface area (Å²) in [5.41, 5.74) is 2.81. The molecule has 4 aromatic rings. The SMILES string of the molecule is O=C(CCn1ncc2cc(Cl)ccc21)Nc1ccc(OCc2ccccc2)cc1. The molecule has 0 spiro atoms. The summed E-state index contributed by atoms with van der Waals surface area (Å²) in [4.78, 5) is 12.3. The summed E-state index contributed by atoms with van der Waals surface area (Å²) in [5.74, 6) is 0.689. The number of halogens is 1. The summed E-state index contributed by atoms with van der Waals surface area (Å²) in [6, 6.07) is 23.0. The number of nitrogens with one attached hydrogen (secondary N) is 1. The van der Waals surface area contributed by atoms with Gasteiger partial charge in [0.05, 0.1) is 18.3 Å². The first kappa shape index (κ1) is 19.0. The van der Waals surface area contributed by atoms with Gasteiger partial charge in [-0.25, -0.2) is 0 Å². The normalized spacial score (nSPS) is 10.8. The first-order valence-corrected chi connectivity index (χ1v) is 9.73. The Balaban J connectivity index is 1.29. The predicted octanol–water partition coefficient (Wildman–Crippen LogP) is 5.30. The Hall–Kier alpha value is -3.31. The minimum absolute atomic E-state index is 0.0689. The zero-order valence-corrected chi connectivity index (χ0v) is 16.5. The third-order valence-corrected chi connectivity index (χ3v) is 4.78. The van der Waals surface area contributed by atoms with Crippen LogP contribution in [0, 0.1) is 0 Å². The Bertz CT molecular complexity index is 1110. The summed E-state index contributed by atoms with van der Waals surface area (Å²) >= 11 is 6.00. The van der Waals surface area contributed by atoms with Gasteiger partial charge < -0.3 is 10.1 Å². The van der Waals surface area contributed by atoms with Crippen LogP contribution in [0.1, 0.15) is 12.0 Å². The van der Waals surface area contributed by atoms with Crippen molar-refractivity contribution in [2.75, 3.05) is 5.32 Å². The van der Waals surface area contributed by atoms with Crippen molar-refractivity contribution in [1.82, 2.24) is 9.78 Å². The van der Waals surface area contributed by atoms with Crippen LogP contribution in [0.25, 0.3) is 10.9 Å². The maximum atomic E-state index is 12.3. The lowest BCUT2D eigenvalue weighted by atomic mass is 10.2. The highest BCUT2D eigenvalue weighted by molar-refractivity contribution is 6.31. The molecule has 0 aliphatic carbocycles. The highest BCUT2D eigenvalue weighted by Gasteiger charge is 2.07. The molecule has 146 valence electrons. The second-order valence-electron chi connectivity index (χ2n) is 6.67. The molecule has 0 unspecified atom stereocenters.